The van der Waals surface area contributed by atoms with Gasteiger partial charge in [-0.1, -0.05) is 15.9 Å². The molecule has 2 heterocycles. The third kappa shape index (κ3) is 4.18. The Morgan fingerprint density at radius 3 is 2.40 bits per heavy atom. The molecule has 2 bridgehead atoms. The number of hydrogen-bond donors (Lipinski definition) is 0. The number of rotatable bonds is 7. The van der Waals surface area contributed by atoms with Gasteiger partial charge < -0.3 is 19.1 Å². The van der Waals surface area contributed by atoms with Crippen molar-refractivity contribution in [3.05, 3.63) is 53.0 Å². The van der Waals surface area contributed by atoms with Gasteiger partial charge in [0.15, 0.2) is 0 Å². The number of carbonyl (C=O) groups excluding carboxylic acids is 2. The van der Waals surface area contributed by atoms with Gasteiger partial charge in [0, 0.05) is 25.1 Å². The number of alkyl halides is 1. The number of benzene rings is 1. The van der Waals surface area contributed by atoms with Crippen LogP contribution in [0, 0.1) is 5.41 Å². The average molecular weight is 545 g/mol. The van der Waals surface area contributed by atoms with Crippen molar-refractivity contribution in [1.29, 1.82) is 0 Å². The first kappa shape index (κ1) is 24.4. The van der Waals surface area contributed by atoms with E-state index in [9.17, 15) is 9.59 Å². The van der Waals surface area contributed by atoms with Crippen molar-refractivity contribution in [2.45, 2.75) is 49.9 Å². The SMILES string of the molecule is CCOC1=CC2(Br)CC(OCC)=C1C2N1CCC2(CC1)CC(=O)N(c1ccc(C(=O)OC)cc1)C2. The summed E-state index contributed by atoms with van der Waals surface area (Å²) in [5, 5.41) is 0. The van der Waals surface area contributed by atoms with E-state index in [1.54, 1.807) is 12.1 Å². The fourth-order valence-corrected chi connectivity index (χ4v) is 7.19. The molecule has 0 aromatic heterocycles. The van der Waals surface area contributed by atoms with Crippen molar-refractivity contribution in [3.8, 4) is 0 Å². The minimum atomic E-state index is -0.372. The molecule has 188 valence electrons. The van der Waals surface area contributed by atoms with Crippen LogP contribution in [0.15, 0.2) is 47.4 Å². The van der Waals surface area contributed by atoms with Crippen LogP contribution in [0.4, 0.5) is 5.69 Å². The molecule has 0 radical (unpaired) electrons. The van der Waals surface area contributed by atoms with Crippen LogP contribution >= 0.6 is 15.9 Å². The van der Waals surface area contributed by atoms with Crippen LogP contribution in [0.5, 0.6) is 0 Å². The van der Waals surface area contributed by atoms with Crippen LogP contribution < -0.4 is 4.90 Å². The molecule has 2 atom stereocenters. The molecule has 4 aliphatic rings. The van der Waals surface area contributed by atoms with Crippen molar-refractivity contribution in [3.63, 3.8) is 0 Å². The quantitative estimate of drug-likeness (QED) is 0.373. The van der Waals surface area contributed by atoms with Crippen molar-refractivity contribution >= 4 is 33.5 Å². The number of fused-ring (bicyclic) bond motifs is 2. The van der Waals surface area contributed by atoms with Crippen molar-refractivity contribution < 1.29 is 23.8 Å². The number of nitrogens with zero attached hydrogens (tertiary/aromatic N) is 2. The molecular weight excluding hydrogens is 512 g/mol. The second-order valence-electron chi connectivity index (χ2n) is 9.95. The minimum absolute atomic E-state index is 0.0148. The molecule has 1 spiro atoms. The van der Waals surface area contributed by atoms with Gasteiger partial charge in [0.2, 0.25) is 5.91 Å². The predicted octanol–water partition coefficient (Wildman–Crippen LogP) is 4.42. The first-order chi connectivity index (χ1) is 16.8. The molecule has 0 N–H and O–H groups in total. The Labute approximate surface area is 215 Å². The highest BCUT2D eigenvalue weighted by molar-refractivity contribution is 9.10. The standard InChI is InChI=1S/C27H33BrN2O5/c1-4-34-20-14-27(28)15-21(35-5-2)23(20)24(27)29-12-10-26(11-13-29)16-22(31)30(17-26)19-8-6-18(7-9-19)25(32)33-3/h6-9,14,24H,4-5,10-13,15-17H2,1-3H3. The number of hydrogen-bond acceptors (Lipinski definition) is 6. The molecule has 1 aromatic rings. The van der Waals surface area contributed by atoms with E-state index in [-0.39, 0.29) is 27.7 Å². The number of methoxy groups -OCH3 is 1. The van der Waals surface area contributed by atoms with Gasteiger partial charge in [-0.3, -0.25) is 9.69 Å². The molecule has 1 amide bonds. The summed E-state index contributed by atoms with van der Waals surface area (Å²) in [4.78, 5) is 29.2. The van der Waals surface area contributed by atoms with Gasteiger partial charge in [0.25, 0.3) is 0 Å². The lowest BCUT2D eigenvalue weighted by Gasteiger charge is -2.43. The number of piperidine rings is 1. The first-order valence-corrected chi connectivity index (χ1v) is 13.3. The largest absolute Gasteiger partial charge is 0.498 e. The fraction of sp³-hybridized carbons (Fsp3) is 0.556. The molecule has 5 rings (SSSR count). The molecule has 7 nitrogen and oxygen atoms in total. The molecule has 8 heteroatoms. The number of likely N-dealkylation sites (tertiary alicyclic amines) is 1. The highest BCUT2D eigenvalue weighted by atomic mass is 79.9. The molecule has 0 saturated carbocycles. The molecule has 1 aromatic carbocycles. The van der Waals surface area contributed by atoms with Crippen LogP contribution in [-0.4, -0.2) is 67.1 Å². The Bertz CT molecular complexity index is 1070. The Kier molecular flexibility index (Phi) is 6.46. The van der Waals surface area contributed by atoms with Gasteiger partial charge in [-0.15, -0.1) is 0 Å². The van der Waals surface area contributed by atoms with Gasteiger partial charge >= 0.3 is 5.97 Å². The maximum atomic E-state index is 13.0. The van der Waals surface area contributed by atoms with Gasteiger partial charge in [0.1, 0.15) is 11.5 Å². The highest BCUT2D eigenvalue weighted by Crippen LogP contribution is 2.55. The Morgan fingerprint density at radius 2 is 1.77 bits per heavy atom. The van der Waals surface area contributed by atoms with Crippen LogP contribution in [0.3, 0.4) is 0 Å². The summed E-state index contributed by atoms with van der Waals surface area (Å²) in [6.07, 6.45) is 5.57. The average Bonchev–Trinajstić information content (AvgIpc) is 3.43. The van der Waals surface area contributed by atoms with Crippen molar-refractivity contribution in [2.75, 3.05) is 44.9 Å². The topological polar surface area (TPSA) is 68.3 Å². The molecule has 2 saturated heterocycles. The molecule has 2 unspecified atom stereocenters. The van der Waals surface area contributed by atoms with Crippen LogP contribution in [-0.2, 0) is 19.0 Å². The molecular formula is C27H33BrN2O5. The lowest BCUT2D eigenvalue weighted by atomic mass is 9.77. The zero-order valence-corrected chi connectivity index (χ0v) is 22.2. The number of ether oxygens (including phenoxy) is 3. The predicted molar refractivity (Wildman–Crippen MR) is 136 cm³/mol. The molecule has 2 fully saturated rings. The van der Waals surface area contributed by atoms with Crippen molar-refractivity contribution in [2.24, 2.45) is 5.41 Å². The van der Waals surface area contributed by atoms with Crippen LogP contribution in [0.1, 0.15) is 49.9 Å². The van der Waals surface area contributed by atoms with E-state index in [4.69, 9.17) is 14.2 Å². The Morgan fingerprint density at radius 1 is 1.09 bits per heavy atom. The monoisotopic (exact) mass is 544 g/mol. The van der Waals surface area contributed by atoms with E-state index in [0.29, 0.717) is 25.2 Å². The molecule has 2 aliphatic heterocycles. The van der Waals surface area contributed by atoms with Crippen LogP contribution in [0.2, 0.25) is 0 Å². The lowest BCUT2D eigenvalue weighted by Crippen LogP contribution is -2.50. The normalized spacial score (nSPS) is 27.5. The number of amides is 1. The number of anilines is 1. The zero-order valence-electron chi connectivity index (χ0n) is 20.6. The smallest absolute Gasteiger partial charge is 0.337 e. The maximum absolute atomic E-state index is 13.0. The summed E-state index contributed by atoms with van der Waals surface area (Å²) in [7, 11) is 1.37. The summed E-state index contributed by atoms with van der Waals surface area (Å²) in [5.74, 6) is 1.77. The van der Waals surface area contributed by atoms with Crippen LogP contribution in [0.25, 0.3) is 0 Å². The lowest BCUT2D eigenvalue weighted by molar-refractivity contribution is -0.118. The number of halogens is 1. The fourth-order valence-electron chi connectivity index (χ4n) is 6.21. The third-order valence-corrected chi connectivity index (χ3v) is 8.80. The van der Waals surface area contributed by atoms with Gasteiger partial charge in [-0.25, -0.2) is 4.79 Å². The summed E-state index contributed by atoms with van der Waals surface area (Å²) >= 11 is 4.04. The summed E-state index contributed by atoms with van der Waals surface area (Å²) < 4.78 is 16.6. The highest BCUT2D eigenvalue weighted by Gasteiger charge is 2.56. The summed E-state index contributed by atoms with van der Waals surface area (Å²) in [6, 6.07) is 7.32. The van der Waals surface area contributed by atoms with E-state index in [1.807, 2.05) is 30.9 Å². The number of allylic oxidation sites excluding steroid dienone is 1. The van der Waals surface area contributed by atoms with E-state index in [2.05, 4.69) is 26.9 Å². The van der Waals surface area contributed by atoms with E-state index < -0.39 is 0 Å². The molecule has 2 aliphatic carbocycles. The minimum Gasteiger partial charge on any atom is -0.498 e. The Balaban J connectivity index is 1.28. The van der Waals surface area contributed by atoms with Crippen molar-refractivity contribution in [1.82, 2.24) is 4.90 Å². The van der Waals surface area contributed by atoms with Gasteiger partial charge in [-0.05, 0) is 75.5 Å². The zero-order chi connectivity index (χ0) is 24.8. The summed E-state index contributed by atoms with van der Waals surface area (Å²) in [6.45, 7) is 7.89. The molecule has 35 heavy (non-hydrogen) atoms. The second-order valence-corrected chi connectivity index (χ2v) is 11.4. The third-order valence-electron chi connectivity index (χ3n) is 7.86. The second kappa shape index (κ2) is 9.28. The van der Waals surface area contributed by atoms with Gasteiger partial charge in [0.05, 0.1) is 41.8 Å². The summed E-state index contributed by atoms with van der Waals surface area (Å²) in [5.41, 5.74) is 2.50. The van der Waals surface area contributed by atoms with Gasteiger partial charge in [-0.2, -0.15) is 0 Å². The number of esters is 1. The van der Waals surface area contributed by atoms with E-state index in [1.165, 1.54) is 12.7 Å². The maximum Gasteiger partial charge on any atom is 0.337 e. The van der Waals surface area contributed by atoms with E-state index in [0.717, 1.165) is 56.1 Å². The number of carbonyl (C=O) groups is 2. The Hall–Kier alpha value is -2.32. The first-order valence-electron chi connectivity index (χ1n) is 12.5. The van der Waals surface area contributed by atoms with E-state index >= 15 is 0 Å².